The van der Waals surface area contributed by atoms with Crippen LogP contribution in [0.3, 0.4) is 0 Å². The van der Waals surface area contributed by atoms with Crippen LogP contribution in [-0.4, -0.2) is 18.3 Å². The molecular weight excluding hydrogens is 440 g/mol. The molecule has 0 bridgehead atoms. The molecule has 0 saturated carbocycles. The second-order valence-electron chi connectivity index (χ2n) is 10.0. The molecule has 0 radical (unpaired) electrons. The summed E-state index contributed by atoms with van der Waals surface area (Å²) < 4.78 is 13.2. The minimum absolute atomic E-state index is 0.0264. The normalized spacial score (nSPS) is 36.8. The van der Waals surface area contributed by atoms with Crippen LogP contribution < -0.4 is 4.74 Å². The molecule has 1 saturated heterocycles. The maximum Gasteiger partial charge on any atom is 0.129 e. The molecule has 1 fully saturated rings. The summed E-state index contributed by atoms with van der Waals surface area (Å²) in [7, 11) is 0. The topological polar surface area (TPSA) is 18.5 Å². The van der Waals surface area contributed by atoms with Gasteiger partial charge in [-0.15, -0.1) is 0 Å². The molecule has 0 aromatic heterocycles. The van der Waals surface area contributed by atoms with Crippen molar-refractivity contribution in [1.82, 2.24) is 0 Å². The Labute approximate surface area is 204 Å². The third kappa shape index (κ3) is 2.26. The van der Waals surface area contributed by atoms with Crippen molar-refractivity contribution in [3.05, 3.63) is 125 Å². The van der Waals surface area contributed by atoms with Gasteiger partial charge in [0.05, 0.1) is 18.1 Å². The molecule has 2 nitrogen and oxygen atoms in total. The van der Waals surface area contributed by atoms with Crippen LogP contribution in [0.25, 0.3) is 11.1 Å². The van der Waals surface area contributed by atoms with Gasteiger partial charge in [-0.05, 0) is 46.5 Å². The van der Waals surface area contributed by atoms with Gasteiger partial charge in [0.15, 0.2) is 0 Å². The van der Waals surface area contributed by atoms with Crippen molar-refractivity contribution in [2.75, 3.05) is 0 Å². The van der Waals surface area contributed by atoms with Crippen LogP contribution in [0, 0.1) is 11.8 Å². The molecule has 8 rings (SSSR count). The zero-order valence-electron chi connectivity index (χ0n) is 18.5. The first kappa shape index (κ1) is 19.3. The Kier molecular flexibility index (Phi) is 3.82. The van der Waals surface area contributed by atoms with E-state index in [0.717, 1.165) is 10.8 Å². The van der Waals surface area contributed by atoms with E-state index >= 15 is 0 Å². The van der Waals surface area contributed by atoms with E-state index < -0.39 is 0 Å². The highest BCUT2D eigenvalue weighted by atomic mass is 35.5. The summed E-state index contributed by atoms with van der Waals surface area (Å²) in [5.41, 5.74) is 6.33. The monoisotopic (exact) mass is 462 g/mol. The summed E-state index contributed by atoms with van der Waals surface area (Å²) >= 11 is 6.70. The predicted octanol–water partition coefficient (Wildman–Crippen LogP) is 6.74. The number of allylic oxidation sites excluding steroid dienone is 6. The van der Waals surface area contributed by atoms with Gasteiger partial charge in [-0.3, -0.25) is 0 Å². The zero-order chi connectivity index (χ0) is 22.4. The minimum Gasteiger partial charge on any atom is -0.485 e. The molecule has 166 valence electrons. The van der Waals surface area contributed by atoms with E-state index in [1.807, 2.05) is 12.2 Å². The van der Waals surface area contributed by atoms with Crippen LogP contribution in [0.2, 0.25) is 0 Å². The fourth-order valence-electron chi connectivity index (χ4n) is 7.32. The van der Waals surface area contributed by atoms with E-state index in [1.165, 1.54) is 27.8 Å². The first-order valence-corrected chi connectivity index (χ1v) is 12.5. The zero-order valence-corrected chi connectivity index (χ0v) is 19.2. The molecule has 4 aliphatic carbocycles. The Hall–Kier alpha value is -3.07. The first-order valence-electron chi connectivity index (χ1n) is 12.1. The molecule has 0 N–H and O–H groups in total. The van der Waals surface area contributed by atoms with Crippen molar-refractivity contribution in [2.24, 2.45) is 11.8 Å². The molecule has 6 aliphatic rings. The standard InChI is InChI=1S/C31H23ClO2/c32-25-12-7-15-28-30(25)20-16-19-18-8-1-2-9-21(18)31(24(19)17-29(20)34-28)22-10-3-5-13-26(22)33-27-14-6-4-11-23(27)31/h1-17,22-23,26-28,30H. The third-order valence-electron chi connectivity index (χ3n) is 8.57. The van der Waals surface area contributed by atoms with Crippen molar-refractivity contribution >= 4 is 11.6 Å². The van der Waals surface area contributed by atoms with Crippen molar-refractivity contribution in [2.45, 2.75) is 29.6 Å². The van der Waals surface area contributed by atoms with Crippen LogP contribution in [0.4, 0.5) is 0 Å². The van der Waals surface area contributed by atoms with Gasteiger partial charge in [0.25, 0.3) is 0 Å². The highest BCUT2D eigenvalue weighted by Gasteiger charge is 2.60. The van der Waals surface area contributed by atoms with Crippen molar-refractivity contribution in [3.8, 4) is 16.9 Å². The molecule has 2 aliphatic heterocycles. The number of fused-ring (bicyclic) bond motifs is 12. The van der Waals surface area contributed by atoms with E-state index in [1.54, 1.807) is 0 Å². The first-order chi connectivity index (χ1) is 16.8. The lowest BCUT2D eigenvalue weighted by Gasteiger charge is -2.53. The fourth-order valence-corrected chi connectivity index (χ4v) is 7.63. The average molecular weight is 463 g/mol. The number of rotatable bonds is 0. The number of halogens is 1. The Morgan fingerprint density at radius 1 is 0.706 bits per heavy atom. The second kappa shape index (κ2) is 6.75. The molecule has 34 heavy (non-hydrogen) atoms. The van der Waals surface area contributed by atoms with Crippen LogP contribution in [0.1, 0.15) is 22.6 Å². The average Bonchev–Trinajstić information content (AvgIpc) is 3.38. The maximum absolute atomic E-state index is 6.70. The Morgan fingerprint density at radius 2 is 1.41 bits per heavy atom. The lowest BCUT2D eigenvalue weighted by molar-refractivity contribution is -0.0808. The molecular formula is C31H23ClO2. The quantitative estimate of drug-likeness (QED) is 0.431. The molecule has 2 aromatic carbocycles. The Morgan fingerprint density at radius 3 is 2.21 bits per heavy atom. The van der Waals surface area contributed by atoms with Gasteiger partial charge in [-0.1, -0.05) is 90.6 Å². The van der Waals surface area contributed by atoms with Gasteiger partial charge in [0.2, 0.25) is 0 Å². The number of benzene rings is 2. The predicted molar refractivity (Wildman–Crippen MR) is 135 cm³/mol. The summed E-state index contributed by atoms with van der Waals surface area (Å²) in [5.74, 6) is 1.43. The van der Waals surface area contributed by atoms with Crippen molar-refractivity contribution in [1.29, 1.82) is 0 Å². The van der Waals surface area contributed by atoms with Crippen LogP contribution in [0.5, 0.6) is 5.75 Å². The SMILES string of the molecule is ClC1=CC=CC2Oc3cc4c(cc3C12)-c1ccccc1C41C2C=CC=CC2OC2C=CC=CC21. The number of hydrogen-bond donors (Lipinski definition) is 0. The second-order valence-corrected chi connectivity index (χ2v) is 10.4. The fraction of sp³-hybridized carbons (Fsp3) is 0.226. The summed E-state index contributed by atoms with van der Waals surface area (Å²) in [6.45, 7) is 0. The summed E-state index contributed by atoms with van der Waals surface area (Å²) in [5, 5.41) is 0.846. The van der Waals surface area contributed by atoms with Crippen molar-refractivity contribution in [3.63, 3.8) is 0 Å². The number of ether oxygens (including phenoxy) is 2. The van der Waals surface area contributed by atoms with Gasteiger partial charge in [0, 0.05) is 27.8 Å². The molecule has 3 heteroatoms. The van der Waals surface area contributed by atoms with E-state index in [2.05, 4.69) is 91.1 Å². The van der Waals surface area contributed by atoms with E-state index in [0.29, 0.717) is 0 Å². The lowest BCUT2D eigenvalue weighted by atomic mass is 9.55. The maximum atomic E-state index is 6.70. The van der Waals surface area contributed by atoms with Crippen LogP contribution in [-0.2, 0) is 10.2 Å². The minimum atomic E-state index is -0.232. The Bertz CT molecular complexity index is 1390. The molecule has 2 heterocycles. The van der Waals surface area contributed by atoms with E-state index in [9.17, 15) is 0 Å². The molecule has 0 amide bonds. The Balaban J connectivity index is 1.43. The molecule has 6 atom stereocenters. The van der Waals surface area contributed by atoms with Gasteiger partial charge in [0.1, 0.15) is 11.9 Å². The summed E-state index contributed by atoms with van der Waals surface area (Å²) in [4.78, 5) is 0. The van der Waals surface area contributed by atoms with Gasteiger partial charge < -0.3 is 9.47 Å². The highest BCUT2D eigenvalue weighted by molar-refractivity contribution is 6.30. The molecule has 6 unspecified atom stereocenters. The summed E-state index contributed by atoms with van der Waals surface area (Å²) in [6.07, 6.45) is 23.9. The summed E-state index contributed by atoms with van der Waals surface area (Å²) in [6, 6.07) is 13.7. The smallest absolute Gasteiger partial charge is 0.129 e. The molecule has 1 spiro atoms. The largest absolute Gasteiger partial charge is 0.485 e. The van der Waals surface area contributed by atoms with Crippen molar-refractivity contribution < 1.29 is 9.47 Å². The highest BCUT2D eigenvalue weighted by Crippen LogP contribution is 2.64. The third-order valence-corrected chi connectivity index (χ3v) is 8.93. The van der Waals surface area contributed by atoms with Crippen LogP contribution in [0.15, 0.2) is 108 Å². The van der Waals surface area contributed by atoms with E-state index in [-0.39, 0.29) is 41.5 Å². The van der Waals surface area contributed by atoms with Gasteiger partial charge in [-0.25, -0.2) is 0 Å². The lowest BCUT2D eigenvalue weighted by Crippen LogP contribution is -2.56. The van der Waals surface area contributed by atoms with E-state index in [4.69, 9.17) is 21.1 Å². The number of hydrogen-bond acceptors (Lipinski definition) is 2. The van der Waals surface area contributed by atoms with Crippen LogP contribution >= 0.6 is 11.6 Å². The molecule has 2 aromatic rings. The van der Waals surface area contributed by atoms with Gasteiger partial charge >= 0.3 is 0 Å². The van der Waals surface area contributed by atoms with Gasteiger partial charge in [-0.2, -0.15) is 0 Å².